The Bertz CT molecular complexity index is 426. The lowest BCUT2D eigenvalue weighted by molar-refractivity contribution is -0.137. The van der Waals surface area contributed by atoms with Gasteiger partial charge in [-0.05, 0) is 25.6 Å². The van der Waals surface area contributed by atoms with Crippen molar-refractivity contribution >= 4 is 5.97 Å². The minimum atomic E-state index is -0.934. The van der Waals surface area contributed by atoms with Crippen LogP contribution in [0.2, 0.25) is 0 Å². The molecule has 0 radical (unpaired) electrons. The standard InChI is InChI=1S/C13H17F2NO3/c1-16(7-5-13(17)18)6-2-8-19-10-3-4-11(14)12(15)9-10/h3-4,9H,2,5-8H2,1H3,(H,17,18). The number of carboxylic acid groups (broad SMARTS) is 1. The fourth-order valence-corrected chi connectivity index (χ4v) is 1.49. The van der Waals surface area contributed by atoms with Gasteiger partial charge in [0, 0.05) is 19.2 Å². The minimum Gasteiger partial charge on any atom is -0.493 e. The molecule has 0 fully saturated rings. The summed E-state index contributed by atoms with van der Waals surface area (Å²) in [7, 11) is 1.82. The van der Waals surface area contributed by atoms with Crippen LogP contribution in [0.25, 0.3) is 0 Å². The molecule has 0 amide bonds. The first kappa shape index (κ1) is 15.4. The number of benzene rings is 1. The van der Waals surface area contributed by atoms with Crippen molar-refractivity contribution < 1.29 is 23.4 Å². The highest BCUT2D eigenvalue weighted by Crippen LogP contribution is 2.15. The molecule has 106 valence electrons. The van der Waals surface area contributed by atoms with E-state index in [0.717, 1.165) is 12.1 Å². The van der Waals surface area contributed by atoms with Gasteiger partial charge in [-0.15, -0.1) is 0 Å². The van der Waals surface area contributed by atoms with E-state index in [-0.39, 0.29) is 12.2 Å². The smallest absolute Gasteiger partial charge is 0.304 e. The quantitative estimate of drug-likeness (QED) is 0.737. The van der Waals surface area contributed by atoms with Crippen LogP contribution in [0.4, 0.5) is 8.78 Å². The Kier molecular flexibility index (Phi) is 6.21. The summed E-state index contributed by atoms with van der Waals surface area (Å²) in [5.74, 6) is -2.38. The number of nitrogens with zero attached hydrogens (tertiary/aromatic N) is 1. The lowest BCUT2D eigenvalue weighted by Crippen LogP contribution is -2.24. The Morgan fingerprint density at radius 2 is 2.05 bits per heavy atom. The van der Waals surface area contributed by atoms with Crippen molar-refractivity contribution in [3.05, 3.63) is 29.8 Å². The van der Waals surface area contributed by atoms with Gasteiger partial charge in [0.05, 0.1) is 13.0 Å². The molecule has 0 saturated carbocycles. The van der Waals surface area contributed by atoms with Crippen molar-refractivity contribution in [3.8, 4) is 5.75 Å². The van der Waals surface area contributed by atoms with Gasteiger partial charge in [0.15, 0.2) is 11.6 Å². The maximum Gasteiger partial charge on any atom is 0.304 e. The summed E-state index contributed by atoms with van der Waals surface area (Å²) in [6, 6.07) is 3.39. The molecule has 19 heavy (non-hydrogen) atoms. The van der Waals surface area contributed by atoms with E-state index >= 15 is 0 Å². The van der Waals surface area contributed by atoms with E-state index in [1.54, 1.807) is 0 Å². The monoisotopic (exact) mass is 273 g/mol. The van der Waals surface area contributed by atoms with Gasteiger partial charge in [-0.1, -0.05) is 0 Å². The second kappa shape index (κ2) is 7.68. The van der Waals surface area contributed by atoms with E-state index in [1.165, 1.54) is 6.07 Å². The molecule has 1 aromatic carbocycles. The van der Waals surface area contributed by atoms with Crippen molar-refractivity contribution in [1.29, 1.82) is 0 Å². The van der Waals surface area contributed by atoms with Crippen LogP contribution in [0, 0.1) is 11.6 Å². The summed E-state index contributed by atoms with van der Waals surface area (Å²) < 4.78 is 30.8. The van der Waals surface area contributed by atoms with E-state index in [9.17, 15) is 13.6 Å². The third kappa shape index (κ3) is 6.15. The van der Waals surface area contributed by atoms with E-state index in [4.69, 9.17) is 9.84 Å². The van der Waals surface area contributed by atoms with Crippen molar-refractivity contribution in [2.45, 2.75) is 12.8 Å². The summed E-state index contributed by atoms with van der Waals surface area (Å²) in [6.45, 7) is 1.51. The topological polar surface area (TPSA) is 49.8 Å². The molecule has 0 aromatic heterocycles. The molecule has 0 aliphatic heterocycles. The van der Waals surface area contributed by atoms with Crippen molar-refractivity contribution in [3.63, 3.8) is 0 Å². The number of hydrogen-bond acceptors (Lipinski definition) is 3. The van der Waals surface area contributed by atoms with E-state index in [2.05, 4.69) is 0 Å². The highest BCUT2D eigenvalue weighted by atomic mass is 19.2. The molecule has 0 bridgehead atoms. The molecule has 0 atom stereocenters. The number of rotatable bonds is 8. The van der Waals surface area contributed by atoms with E-state index < -0.39 is 17.6 Å². The molecule has 0 aliphatic carbocycles. The number of carboxylic acids is 1. The molecule has 0 unspecified atom stereocenters. The van der Waals surface area contributed by atoms with Gasteiger partial charge in [0.2, 0.25) is 0 Å². The van der Waals surface area contributed by atoms with E-state index in [0.29, 0.717) is 26.1 Å². The average molecular weight is 273 g/mol. The van der Waals surface area contributed by atoms with Crippen LogP contribution in [0.1, 0.15) is 12.8 Å². The van der Waals surface area contributed by atoms with Gasteiger partial charge < -0.3 is 14.7 Å². The first-order valence-corrected chi connectivity index (χ1v) is 5.97. The predicted molar refractivity (Wildman–Crippen MR) is 66.2 cm³/mol. The Hall–Kier alpha value is -1.69. The molecular weight excluding hydrogens is 256 g/mol. The molecule has 0 aliphatic rings. The summed E-state index contributed by atoms with van der Waals surface area (Å²) in [5, 5.41) is 8.51. The maximum atomic E-state index is 12.9. The van der Waals surface area contributed by atoms with Crippen LogP contribution in [-0.2, 0) is 4.79 Å². The highest BCUT2D eigenvalue weighted by molar-refractivity contribution is 5.66. The molecule has 0 spiro atoms. The number of carbonyl (C=O) groups is 1. The second-order valence-electron chi connectivity index (χ2n) is 4.22. The lowest BCUT2D eigenvalue weighted by atomic mass is 10.3. The molecule has 1 rings (SSSR count). The molecule has 1 N–H and O–H groups in total. The molecular formula is C13H17F2NO3. The number of aliphatic carboxylic acids is 1. The predicted octanol–water partition coefficient (Wildman–Crippen LogP) is 2.14. The largest absolute Gasteiger partial charge is 0.493 e. The highest BCUT2D eigenvalue weighted by Gasteiger charge is 2.04. The van der Waals surface area contributed by atoms with Crippen molar-refractivity contribution in [2.24, 2.45) is 0 Å². The molecule has 0 heterocycles. The van der Waals surface area contributed by atoms with Crippen LogP contribution in [-0.4, -0.2) is 42.7 Å². The zero-order valence-electron chi connectivity index (χ0n) is 10.7. The number of ether oxygens (including phenoxy) is 1. The summed E-state index contributed by atoms with van der Waals surface area (Å²) in [5.41, 5.74) is 0. The first-order chi connectivity index (χ1) is 8.99. The third-order valence-corrected chi connectivity index (χ3v) is 2.55. The Morgan fingerprint density at radius 1 is 1.32 bits per heavy atom. The van der Waals surface area contributed by atoms with Gasteiger partial charge in [-0.3, -0.25) is 4.79 Å². The van der Waals surface area contributed by atoms with Crippen LogP contribution >= 0.6 is 0 Å². The minimum absolute atomic E-state index is 0.0977. The van der Waals surface area contributed by atoms with Crippen molar-refractivity contribution in [2.75, 3.05) is 26.7 Å². The van der Waals surface area contributed by atoms with E-state index in [1.807, 2.05) is 11.9 Å². The lowest BCUT2D eigenvalue weighted by Gasteiger charge is -2.15. The van der Waals surface area contributed by atoms with Crippen LogP contribution < -0.4 is 4.74 Å². The maximum absolute atomic E-state index is 12.9. The van der Waals surface area contributed by atoms with Crippen LogP contribution in [0.3, 0.4) is 0 Å². The van der Waals surface area contributed by atoms with Gasteiger partial charge in [-0.25, -0.2) is 8.78 Å². The average Bonchev–Trinajstić information content (AvgIpc) is 2.36. The Labute approximate surface area is 110 Å². The first-order valence-electron chi connectivity index (χ1n) is 5.97. The van der Waals surface area contributed by atoms with Crippen LogP contribution in [0.15, 0.2) is 18.2 Å². The van der Waals surface area contributed by atoms with Gasteiger partial charge >= 0.3 is 5.97 Å². The normalized spacial score (nSPS) is 10.7. The zero-order chi connectivity index (χ0) is 14.3. The zero-order valence-corrected chi connectivity index (χ0v) is 10.7. The molecule has 6 heteroatoms. The Balaban J connectivity index is 2.19. The van der Waals surface area contributed by atoms with Gasteiger partial charge in [0.25, 0.3) is 0 Å². The summed E-state index contributed by atoms with van der Waals surface area (Å²) in [4.78, 5) is 12.2. The Morgan fingerprint density at radius 3 is 2.68 bits per heavy atom. The molecule has 1 aromatic rings. The van der Waals surface area contributed by atoms with Gasteiger partial charge in [0.1, 0.15) is 5.75 Å². The fraction of sp³-hybridized carbons (Fsp3) is 0.462. The third-order valence-electron chi connectivity index (χ3n) is 2.55. The van der Waals surface area contributed by atoms with Gasteiger partial charge in [-0.2, -0.15) is 0 Å². The van der Waals surface area contributed by atoms with Crippen LogP contribution in [0.5, 0.6) is 5.75 Å². The number of hydrogen-bond donors (Lipinski definition) is 1. The fourth-order valence-electron chi connectivity index (χ4n) is 1.49. The molecule has 4 nitrogen and oxygen atoms in total. The summed E-state index contributed by atoms with van der Waals surface area (Å²) in [6.07, 6.45) is 0.773. The number of halogens is 2. The summed E-state index contributed by atoms with van der Waals surface area (Å²) >= 11 is 0. The molecule has 0 saturated heterocycles. The SMILES string of the molecule is CN(CCCOc1ccc(F)c(F)c1)CCC(=O)O. The van der Waals surface area contributed by atoms with Crippen molar-refractivity contribution in [1.82, 2.24) is 4.90 Å². The second-order valence-corrected chi connectivity index (χ2v) is 4.22.